The van der Waals surface area contributed by atoms with Crippen LogP contribution in [0.3, 0.4) is 0 Å². The summed E-state index contributed by atoms with van der Waals surface area (Å²) >= 11 is 17.5. The number of sulfonamides is 1. The van der Waals surface area contributed by atoms with E-state index in [4.69, 9.17) is 40.1 Å². The Hall–Kier alpha value is -1.82. The van der Waals surface area contributed by atoms with Gasteiger partial charge in [-0.15, -0.1) is 0 Å². The fourth-order valence-electron chi connectivity index (χ4n) is 2.03. The summed E-state index contributed by atoms with van der Waals surface area (Å²) in [4.78, 5) is 11.9. The van der Waals surface area contributed by atoms with E-state index >= 15 is 0 Å². The molecule has 0 aliphatic heterocycles. The van der Waals surface area contributed by atoms with E-state index in [9.17, 15) is 13.2 Å². The van der Waals surface area contributed by atoms with Crippen molar-refractivity contribution in [2.45, 2.75) is 4.90 Å². The molecule has 2 aromatic rings. The second-order valence-electron chi connectivity index (χ2n) is 5.19. The molecule has 0 fully saturated rings. The number of nitrogens with one attached hydrogen (secondary N) is 1. The van der Waals surface area contributed by atoms with Crippen molar-refractivity contribution < 1.29 is 13.2 Å². The summed E-state index contributed by atoms with van der Waals surface area (Å²) in [7, 11) is -2.86. The molecule has 0 aliphatic carbocycles. The minimum Gasteiger partial charge on any atom is -0.325 e. The van der Waals surface area contributed by atoms with Crippen LogP contribution < -0.4 is 5.32 Å². The van der Waals surface area contributed by atoms with Gasteiger partial charge in [0.2, 0.25) is 15.9 Å². The van der Waals surface area contributed by atoms with Gasteiger partial charge in [0.25, 0.3) is 0 Å². The fraction of sp³-hybridized carbons (Fsp3) is 0.125. The first-order valence-corrected chi connectivity index (χ1v) is 9.63. The first-order chi connectivity index (χ1) is 12.1. The van der Waals surface area contributed by atoms with Crippen molar-refractivity contribution in [2.75, 3.05) is 18.9 Å². The highest BCUT2D eigenvalue weighted by Gasteiger charge is 2.26. The van der Waals surface area contributed by atoms with Gasteiger partial charge in [-0.05, 0) is 36.4 Å². The predicted octanol–water partition coefficient (Wildman–Crippen LogP) is 3.78. The topological polar surface area (TPSA) is 90.3 Å². The van der Waals surface area contributed by atoms with E-state index < -0.39 is 22.5 Å². The molecule has 0 saturated carbocycles. The van der Waals surface area contributed by atoms with Crippen molar-refractivity contribution in [2.24, 2.45) is 0 Å². The Morgan fingerprint density at radius 3 is 2.46 bits per heavy atom. The molecule has 26 heavy (non-hydrogen) atoms. The molecule has 2 rings (SSSR count). The van der Waals surface area contributed by atoms with Crippen molar-refractivity contribution in [3.05, 3.63) is 57.0 Å². The molecule has 10 heteroatoms. The van der Waals surface area contributed by atoms with Crippen LogP contribution in [0.2, 0.25) is 15.1 Å². The molecule has 0 saturated heterocycles. The van der Waals surface area contributed by atoms with Crippen LogP contribution in [0.4, 0.5) is 5.69 Å². The molecule has 0 radical (unpaired) electrons. The van der Waals surface area contributed by atoms with E-state index in [1.54, 1.807) is 6.07 Å². The third kappa shape index (κ3) is 4.67. The average molecular weight is 433 g/mol. The number of carbonyl (C=O) groups is 1. The first-order valence-electron chi connectivity index (χ1n) is 7.06. The Balaban J connectivity index is 2.19. The van der Waals surface area contributed by atoms with E-state index in [1.165, 1.54) is 43.4 Å². The number of halogens is 3. The van der Waals surface area contributed by atoms with E-state index in [0.29, 0.717) is 10.7 Å². The van der Waals surface area contributed by atoms with Crippen molar-refractivity contribution >= 4 is 56.4 Å². The predicted molar refractivity (Wildman–Crippen MR) is 101 cm³/mol. The summed E-state index contributed by atoms with van der Waals surface area (Å²) in [5.41, 5.74) is 0.307. The van der Waals surface area contributed by atoms with Crippen LogP contribution in [0, 0.1) is 11.3 Å². The quantitative estimate of drug-likeness (QED) is 0.778. The van der Waals surface area contributed by atoms with Crippen LogP contribution in [0.25, 0.3) is 0 Å². The Labute approximate surface area is 165 Å². The van der Waals surface area contributed by atoms with Gasteiger partial charge in [0.05, 0.1) is 22.2 Å². The summed E-state index contributed by atoms with van der Waals surface area (Å²) < 4.78 is 26.1. The molecule has 1 amide bonds. The highest BCUT2D eigenvalue weighted by Crippen LogP contribution is 2.25. The summed E-state index contributed by atoms with van der Waals surface area (Å²) in [6, 6.07) is 10.2. The lowest BCUT2D eigenvalue weighted by Gasteiger charge is -2.18. The molecule has 0 aliphatic rings. The summed E-state index contributed by atoms with van der Waals surface area (Å²) in [6.07, 6.45) is 0. The molecule has 136 valence electrons. The zero-order chi connectivity index (χ0) is 19.5. The first kappa shape index (κ1) is 20.5. The van der Waals surface area contributed by atoms with E-state index in [-0.39, 0.29) is 20.5 Å². The average Bonchev–Trinajstić information content (AvgIpc) is 2.58. The molecular formula is C16H12Cl3N3O3S. The Morgan fingerprint density at radius 1 is 1.15 bits per heavy atom. The zero-order valence-corrected chi connectivity index (χ0v) is 16.4. The van der Waals surface area contributed by atoms with Gasteiger partial charge in [-0.3, -0.25) is 4.79 Å². The molecule has 0 spiro atoms. The van der Waals surface area contributed by atoms with Crippen molar-refractivity contribution in [1.82, 2.24) is 4.31 Å². The molecule has 0 unspecified atom stereocenters. The minimum absolute atomic E-state index is 0.0638. The van der Waals surface area contributed by atoms with Gasteiger partial charge in [-0.1, -0.05) is 34.8 Å². The van der Waals surface area contributed by atoms with Gasteiger partial charge < -0.3 is 5.32 Å². The van der Waals surface area contributed by atoms with Crippen LogP contribution >= 0.6 is 34.8 Å². The summed E-state index contributed by atoms with van der Waals surface area (Å²) in [5, 5.41) is 12.4. The molecule has 0 aromatic heterocycles. The molecule has 0 atom stereocenters. The smallest absolute Gasteiger partial charge is 0.244 e. The number of nitriles is 1. The fourth-order valence-corrected chi connectivity index (χ4v) is 3.86. The standard InChI is InChI=1S/C16H12Cl3N3O3S/c1-22(9-16(23)21-12-4-5-13(18)14(19)7-12)26(24,25)15-6-11(17)3-2-10(15)8-20/h2-7H,9H2,1H3,(H,21,23). The van der Waals surface area contributed by atoms with Gasteiger partial charge in [0, 0.05) is 17.8 Å². The van der Waals surface area contributed by atoms with Crippen molar-refractivity contribution in [3.8, 4) is 6.07 Å². The van der Waals surface area contributed by atoms with E-state index in [0.717, 1.165) is 4.31 Å². The number of hydrogen-bond donors (Lipinski definition) is 1. The number of carbonyl (C=O) groups excluding carboxylic acids is 1. The monoisotopic (exact) mass is 431 g/mol. The van der Waals surface area contributed by atoms with Crippen molar-refractivity contribution in [1.29, 1.82) is 5.26 Å². The SMILES string of the molecule is CN(CC(=O)Nc1ccc(Cl)c(Cl)c1)S(=O)(=O)c1cc(Cl)ccc1C#N. The van der Waals surface area contributed by atoms with Gasteiger partial charge >= 0.3 is 0 Å². The molecule has 6 nitrogen and oxygen atoms in total. The maximum atomic E-state index is 12.6. The number of benzene rings is 2. The third-order valence-electron chi connectivity index (χ3n) is 3.32. The third-order valence-corrected chi connectivity index (χ3v) is 6.14. The number of rotatable bonds is 5. The highest BCUT2D eigenvalue weighted by molar-refractivity contribution is 7.89. The van der Waals surface area contributed by atoms with E-state index in [2.05, 4.69) is 5.32 Å². The summed E-state index contributed by atoms with van der Waals surface area (Å²) in [6.45, 7) is -0.472. The molecule has 0 heterocycles. The zero-order valence-electron chi connectivity index (χ0n) is 13.3. The normalized spacial score (nSPS) is 11.2. The van der Waals surface area contributed by atoms with Crippen LogP contribution in [0.15, 0.2) is 41.3 Å². The van der Waals surface area contributed by atoms with Gasteiger partial charge in [0.15, 0.2) is 0 Å². The number of anilines is 1. The lowest BCUT2D eigenvalue weighted by atomic mass is 10.2. The van der Waals surface area contributed by atoms with Crippen LogP contribution in [0.1, 0.15) is 5.56 Å². The molecule has 1 N–H and O–H groups in total. The molecule has 0 bridgehead atoms. The van der Waals surface area contributed by atoms with Crippen molar-refractivity contribution in [3.63, 3.8) is 0 Å². The Bertz CT molecular complexity index is 1000. The van der Waals surface area contributed by atoms with Gasteiger partial charge in [0.1, 0.15) is 11.0 Å². The largest absolute Gasteiger partial charge is 0.325 e. The Kier molecular flexibility index (Phi) is 6.50. The number of amides is 1. The van der Waals surface area contributed by atoms with Gasteiger partial charge in [-0.2, -0.15) is 9.57 Å². The second kappa shape index (κ2) is 8.25. The number of nitrogens with zero attached hydrogens (tertiary/aromatic N) is 2. The van der Waals surface area contributed by atoms with Crippen LogP contribution in [-0.2, 0) is 14.8 Å². The molecular weight excluding hydrogens is 421 g/mol. The van der Waals surface area contributed by atoms with E-state index in [1.807, 2.05) is 0 Å². The molecule has 2 aromatic carbocycles. The minimum atomic E-state index is -4.09. The number of hydrogen-bond acceptors (Lipinski definition) is 4. The van der Waals surface area contributed by atoms with Crippen LogP contribution in [0.5, 0.6) is 0 Å². The second-order valence-corrected chi connectivity index (χ2v) is 8.45. The number of likely N-dealkylation sites (N-methyl/N-ethyl adjacent to an activating group) is 1. The lowest BCUT2D eigenvalue weighted by molar-refractivity contribution is -0.116. The Morgan fingerprint density at radius 2 is 1.85 bits per heavy atom. The maximum absolute atomic E-state index is 12.6. The van der Waals surface area contributed by atoms with Crippen LogP contribution in [-0.4, -0.2) is 32.2 Å². The lowest BCUT2D eigenvalue weighted by Crippen LogP contribution is -2.35. The summed E-state index contributed by atoms with van der Waals surface area (Å²) in [5.74, 6) is -0.588. The highest BCUT2D eigenvalue weighted by atomic mass is 35.5. The van der Waals surface area contributed by atoms with Gasteiger partial charge in [-0.25, -0.2) is 8.42 Å². The maximum Gasteiger partial charge on any atom is 0.244 e.